The van der Waals surface area contributed by atoms with Gasteiger partial charge in [0.25, 0.3) is 0 Å². The summed E-state index contributed by atoms with van der Waals surface area (Å²) >= 11 is 0. The van der Waals surface area contributed by atoms with Gasteiger partial charge in [0.05, 0.1) is 5.25 Å². The second kappa shape index (κ2) is 11.3. The predicted molar refractivity (Wildman–Crippen MR) is 123 cm³/mol. The topological polar surface area (TPSA) is 75.4 Å². The van der Waals surface area contributed by atoms with Crippen LogP contribution in [0.1, 0.15) is 44.7 Å². The molecule has 0 radical (unpaired) electrons. The first-order valence-corrected chi connectivity index (χ1v) is 12.0. The number of anilines is 1. The monoisotopic (exact) mass is 417 g/mol. The number of benzene rings is 2. The lowest BCUT2D eigenvalue weighted by Crippen LogP contribution is -2.40. The third kappa shape index (κ3) is 7.46. The molecule has 2 aromatic rings. The van der Waals surface area contributed by atoms with Crippen molar-refractivity contribution in [1.29, 1.82) is 0 Å². The van der Waals surface area contributed by atoms with E-state index in [0.29, 0.717) is 13.0 Å². The number of rotatable bonds is 12. The van der Waals surface area contributed by atoms with Crippen LogP contribution < -0.4 is 15.4 Å². The van der Waals surface area contributed by atoms with Crippen LogP contribution in [0.4, 0.5) is 5.69 Å². The van der Waals surface area contributed by atoms with Gasteiger partial charge in [-0.15, -0.1) is 0 Å². The summed E-state index contributed by atoms with van der Waals surface area (Å²) in [6.07, 6.45) is 2.45. The summed E-state index contributed by atoms with van der Waals surface area (Å²) < 4.78 is 27.4. The van der Waals surface area contributed by atoms with Crippen LogP contribution in [0.2, 0.25) is 0 Å². The summed E-state index contributed by atoms with van der Waals surface area (Å²) in [6, 6.07) is 18.7. The minimum absolute atomic E-state index is 0.0808. The molecule has 0 amide bonds. The lowest BCUT2D eigenvalue weighted by molar-refractivity contribution is 0.515. The maximum absolute atomic E-state index is 12.3. The lowest BCUT2D eigenvalue weighted by Gasteiger charge is -2.25. The van der Waals surface area contributed by atoms with Gasteiger partial charge >= 0.3 is 0 Å². The third-order valence-electron chi connectivity index (χ3n) is 4.99. The number of nitrogens with zero attached hydrogens (tertiary/aromatic N) is 1. The average molecular weight is 418 g/mol. The van der Waals surface area contributed by atoms with Crippen LogP contribution in [0.25, 0.3) is 0 Å². The molecule has 6 heteroatoms. The van der Waals surface area contributed by atoms with Crippen LogP contribution in [0, 0.1) is 0 Å². The zero-order chi connectivity index (χ0) is 21.3. The fraction of sp³-hybridized carbons (Fsp3) is 0.478. The quantitative estimate of drug-likeness (QED) is 0.552. The molecular weight excluding hydrogens is 382 g/mol. The van der Waals surface area contributed by atoms with E-state index < -0.39 is 15.3 Å². The van der Waals surface area contributed by atoms with E-state index in [-0.39, 0.29) is 6.04 Å². The normalized spacial score (nSPS) is 12.9. The Hall–Kier alpha value is -1.89. The highest BCUT2D eigenvalue weighted by Gasteiger charge is 2.21. The number of hydrogen-bond donors (Lipinski definition) is 2. The Kier molecular flexibility index (Phi) is 9.14. The Labute approximate surface area is 176 Å². The maximum Gasteiger partial charge on any atom is 0.214 e. The van der Waals surface area contributed by atoms with Gasteiger partial charge < -0.3 is 10.6 Å². The van der Waals surface area contributed by atoms with E-state index in [1.54, 1.807) is 13.8 Å². The zero-order valence-electron chi connectivity index (χ0n) is 17.8. The van der Waals surface area contributed by atoms with Crippen LogP contribution in [0.5, 0.6) is 0 Å². The van der Waals surface area contributed by atoms with Gasteiger partial charge in [-0.3, -0.25) is 0 Å². The second-order valence-electron chi connectivity index (χ2n) is 7.76. The van der Waals surface area contributed by atoms with Gasteiger partial charge in [0.15, 0.2) is 0 Å². The van der Waals surface area contributed by atoms with Crippen molar-refractivity contribution in [3.05, 3.63) is 65.7 Å². The van der Waals surface area contributed by atoms with Gasteiger partial charge in [0, 0.05) is 31.4 Å². The first-order chi connectivity index (χ1) is 13.9. The molecule has 5 nitrogen and oxygen atoms in total. The summed E-state index contributed by atoms with van der Waals surface area (Å²) in [5.41, 5.74) is 9.33. The van der Waals surface area contributed by atoms with Gasteiger partial charge in [-0.05, 0) is 49.9 Å². The molecule has 1 unspecified atom stereocenters. The second-order valence-corrected chi connectivity index (χ2v) is 10.0. The molecule has 160 valence electrons. The summed E-state index contributed by atoms with van der Waals surface area (Å²) in [5, 5.41) is -0.424. The van der Waals surface area contributed by atoms with Crippen LogP contribution in [0.3, 0.4) is 0 Å². The van der Waals surface area contributed by atoms with E-state index >= 15 is 0 Å². The predicted octanol–water partition coefficient (Wildman–Crippen LogP) is 3.69. The summed E-state index contributed by atoms with van der Waals surface area (Å²) in [5.74, 6) is 0. The molecular formula is C23H35N3O2S. The standard InChI is InChI=1S/C23H35N3O2S/c1-4-8-22(25-29(27,28)19(2)3)17-20-11-13-23(14-12-20)26(16-15-24)18-21-9-6-5-7-10-21/h5-7,9-14,19,22,25H,4,8,15-18,24H2,1-3H3. The Bertz CT molecular complexity index is 821. The smallest absolute Gasteiger partial charge is 0.214 e. The maximum atomic E-state index is 12.3. The molecule has 0 aliphatic carbocycles. The highest BCUT2D eigenvalue weighted by Crippen LogP contribution is 2.19. The molecule has 2 aromatic carbocycles. The van der Waals surface area contributed by atoms with E-state index in [2.05, 4.69) is 52.9 Å². The third-order valence-corrected chi connectivity index (χ3v) is 6.89. The van der Waals surface area contributed by atoms with Crippen molar-refractivity contribution in [2.75, 3.05) is 18.0 Å². The van der Waals surface area contributed by atoms with Crippen LogP contribution in [-0.2, 0) is 23.0 Å². The Balaban J connectivity index is 2.09. The Morgan fingerprint density at radius 1 is 1.00 bits per heavy atom. The van der Waals surface area contributed by atoms with Crippen LogP contribution in [-0.4, -0.2) is 32.8 Å². The largest absolute Gasteiger partial charge is 0.366 e. The van der Waals surface area contributed by atoms with E-state index in [1.165, 1.54) is 5.56 Å². The van der Waals surface area contributed by atoms with E-state index in [9.17, 15) is 8.42 Å². The first kappa shape index (κ1) is 23.4. The first-order valence-electron chi connectivity index (χ1n) is 10.4. The Morgan fingerprint density at radius 2 is 1.66 bits per heavy atom. The number of hydrogen-bond acceptors (Lipinski definition) is 4. The van der Waals surface area contributed by atoms with E-state index in [4.69, 9.17) is 5.73 Å². The van der Waals surface area contributed by atoms with Crippen molar-refractivity contribution in [3.8, 4) is 0 Å². The molecule has 3 N–H and O–H groups in total. The Morgan fingerprint density at radius 3 is 2.21 bits per heavy atom. The number of sulfonamides is 1. The molecule has 0 aliphatic rings. The summed E-state index contributed by atoms with van der Waals surface area (Å²) in [4.78, 5) is 2.27. The molecule has 0 fully saturated rings. The average Bonchev–Trinajstić information content (AvgIpc) is 2.69. The summed E-state index contributed by atoms with van der Waals surface area (Å²) in [7, 11) is -3.28. The summed E-state index contributed by atoms with van der Waals surface area (Å²) in [6.45, 7) is 7.67. The molecule has 0 aromatic heterocycles. The molecule has 29 heavy (non-hydrogen) atoms. The van der Waals surface area contributed by atoms with Crippen molar-refractivity contribution < 1.29 is 8.42 Å². The van der Waals surface area contributed by atoms with Gasteiger partial charge in [-0.1, -0.05) is 55.8 Å². The molecule has 0 heterocycles. The van der Waals surface area contributed by atoms with Crippen LogP contribution >= 0.6 is 0 Å². The van der Waals surface area contributed by atoms with Gasteiger partial charge in [-0.2, -0.15) is 0 Å². The lowest BCUT2D eigenvalue weighted by atomic mass is 10.0. The van der Waals surface area contributed by atoms with Crippen molar-refractivity contribution in [1.82, 2.24) is 4.72 Å². The molecule has 0 spiro atoms. The van der Waals surface area contributed by atoms with Gasteiger partial charge in [0.1, 0.15) is 0 Å². The minimum Gasteiger partial charge on any atom is -0.366 e. The van der Waals surface area contributed by atoms with E-state index in [0.717, 1.165) is 37.2 Å². The highest BCUT2D eigenvalue weighted by molar-refractivity contribution is 7.90. The van der Waals surface area contributed by atoms with Crippen molar-refractivity contribution in [2.45, 2.75) is 57.9 Å². The fourth-order valence-corrected chi connectivity index (χ4v) is 4.24. The minimum atomic E-state index is -3.28. The molecule has 0 aliphatic heterocycles. The SMILES string of the molecule is CCCC(Cc1ccc(N(CCN)Cc2ccccc2)cc1)NS(=O)(=O)C(C)C. The van der Waals surface area contributed by atoms with Crippen molar-refractivity contribution in [2.24, 2.45) is 5.73 Å². The molecule has 1 atom stereocenters. The van der Waals surface area contributed by atoms with Crippen molar-refractivity contribution >= 4 is 15.7 Å². The number of nitrogens with one attached hydrogen (secondary N) is 1. The van der Waals surface area contributed by atoms with Crippen LogP contribution in [0.15, 0.2) is 54.6 Å². The fourth-order valence-electron chi connectivity index (χ4n) is 3.31. The van der Waals surface area contributed by atoms with Gasteiger partial charge in [0.2, 0.25) is 10.0 Å². The molecule has 0 saturated heterocycles. The van der Waals surface area contributed by atoms with E-state index in [1.807, 2.05) is 18.2 Å². The molecule has 2 rings (SSSR count). The highest BCUT2D eigenvalue weighted by atomic mass is 32.2. The number of nitrogens with two attached hydrogens (primary N) is 1. The molecule has 0 saturated carbocycles. The molecule has 0 bridgehead atoms. The van der Waals surface area contributed by atoms with Crippen molar-refractivity contribution in [3.63, 3.8) is 0 Å². The van der Waals surface area contributed by atoms with Gasteiger partial charge in [-0.25, -0.2) is 13.1 Å². The zero-order valence-corrected chi connectivity index (χ0v) is 18.7.